The van der Waals surface area contributed by atoms with Gasteiger partial charge in [0.1, 0.15) is 5.56 Å². The maximum Gasteiger partial charge on any atom is 0.425 e. The van der Waals surface area contributed by atoms with E-state index in [0.717, 1.165) is 61.5 Å². The zero-order chi connectivity index (χ0) is 27.4. The van der Waals surface area contributed by atoms with Crippen LogP contribution in [0.15, 0.2) is 35.4 Å². The van der Waals surface area contributed by atoms with Crippen LogP contribution in [0.1, 0.15) is 59.4 Å². The number of hydrogen-bond acceptors (Lipinski definition) is 7. The number of rotatable bonds is 10. The second kappa shape index (κ2) is 11.5. The molecule has 1 aromatic heterocycles. The molecule has 3 rings (SSSR count). The first kappa shape index (κ1) is 28.4. The molecule has 12 heteroatoms. The van der Waals surface area contributed by atoms with E-state index in [-0.39, 0.29) is 17.2 Å². The van der Waals surface area contributed by atoms with Crippen LogP contribution in [0.5, 0.6) is 5.88 Å². The molecule has 1 aromatic carbocycles. The Kier molecular flexibility index (Phi) is 8.83. The van der Waals surface area contributed by atoms with E-state index < -0.39 is 39.5 Å². The Hall–Kier alpha value is -3.15. The summed E-state index contributed by atoms with van der Waals surface area (Å²) in [6.07, 6.45) is -2.23. The summed E-state index contributed by atoms with van der Waals surface area (Å²) in [5, 5.41) is 2.63. The number of hydrogen-bond donors (Lipinski definition) is 1. The van der Waals surface area contributed by atoms with Crippen molar-refractivity contribution < 1.29 is 35.9 Å². The maximum absolute atomic E-state index is 13.0. The first-order valence-corrected chi connectivity index (χ1v) is 13.8. The molecule has 0 spiro atoms. The lowest BCUT2D eigenvalue weighted by atomic mass is 9.90. The number of sulfone groups is 1. The monoisotopic (exact) mass is 541 g/mol. The first-order chi connectivity index (χ1) is 17.3. The first-order valence-electron chi connectivity index (χ1n) is 11.9. The highest BCUT2D eigenvalue weighted by Gasteiger charge is 2.39. The van der Waals surface area contributed by atoms with Crippen molar-refractivity contribution >= 4 is 27.2 Å². The molecule has 2 aromatic rings. The predicted octanol–water partition coefficient (Wildman–Crippen LogP) is 3.98. The van der Waals surface area contributed by atoms with Gasteiger partial charge in [-0.25, -0.2) is 13.4 Å². The summed E-state index contributed by atoms with van der Waals surface area (Å²) in [5.41, 5.74) is 2.21. The molecule has 0 radical (unpaired) electrons. The predicted molar refractivity (Wildman–Crippen MR) is 132 cm³/mol. The van der Waals surface area contributed by atoms with Gasteiger partial charge in [0, 0.05) is 49.8 Å². The fraction of sp³-hybridized carbons (Fsp3) is 0.480. The van der Waals surface area contributed by atoms with Gasteiger partial charge in [0.25, 0.3) is 5.91 Å². The van der Waals surface area contributed by atoms with Crippen LogP contribution < -0.4 is 15.0 Å². The van der Waals surface area contributed by atoms with Gasteiger partial charge >= 0.3 is 6.18 Å². The van der Waals surface area contributed by atoms with Gasteiger partial charge in [0.15, 0.2) is 21.7 Å². The number of carbonyl (C=O) groups is 2. The standard InChI is InChI=1S/C25H30F3N3O5S/c1-4-11-31(18-8-9-20-17(13-18)6-5-7-22(20)32)12-10-29-23(33)21-14-19(37(3,34)35)15-30-24(21)36-16(2)25(26,27)28/h8-9,13-16H,4-7,10-12H2,1-3H3,(H,29,33)/t16-/m0/s1. The number of Topliss-reactive ketones (excluding diaryl/α,β-unsaturated/α-hetero) is 1. The molecule has 1 atom stereocenters. The van der Waals surface area contributed by atoms with Crippen molar-refractivity contribution in [1.29, 1.82) is 0 Å². The molecule has 0 saturated heterocycles. The summed E-state index contributed by atoms with van der Waals surface area (Å²) in [6.45, 7) is 3.93. The summed E-state index contributed by atoms with van der Waals surface area (Å²) in [4.78, 5) is 30.5. The summed E-state index contributed by atoms with van der Waals surface area (Å²) >= 11 is 0. The Bertz CT molecular complexity index is 1260. The fourth-order valence-electron chi connectivity index (χ4n) is 4.00. The van der Waals surface area contributed by atoms with Gasteiger partial charge in [-0.05, 0) is 56.0 Å². The quantitative estimate of drug-likeness (QED) is 0.485. The van der Waals surface area contributed by atoms with E-state index in [2.05, 4.69) is 10.3 Å². The zero-order valence-corrected chi connectivity index (χ0v) is 21.7. The Balaban J connectivity index is 1.77. The molecule has 37 heavy (non-hydrogen) atoms. The molecule has 0 unspecified atom stereocenters. The summed E-state index contributed by atoms with van der Waals surface area (Å²) in [6, 6.07) is 6.62. The van der Waals surface area contributed by atoms with Crippen LogP contribution in [0.25, 0.3) is 0 Å². The normalized spacial score (nSPS) is 14.6. The molecule has 0 bridgehead atoms. The minimum absolute atomic E-state index is 0.117. The number of nitrogens with zero attached hydrogens (tertiary/aromatic N) is 2. The van der Waals surface area contributed by atoms with Gasteiger partial charge in [-0.2, -0.15) is 13.2 Å². The minimum atomic E-state index is -4.70. The van der Waals surface area contributed by atoms with E-state index in [4.69, 9.17) is 4.74 Å². The fourth-order valence-corrected chi connectivity index (χ4v) is 4.57. The lowest BCUT2D eigenvalue weighted by Crippen LogP contribution is -2.36. The van der Waals surface area contributed by atoms with Gasteiger partial charge in [-0.1, -0.05) is 6.92 Å². The van der Waals surface area contributed by atoms with Crippen molar-refractivity contribution in [2.45, 2.75) is 56.7 Å². The van der Waals surface area contributed by atoms with Crippen molar-refractivity contribution in [3.63, 3.8) is 0 Å². The number of aryl methyl sites for hydroxylation is 1. The van der Waals surface area contributed by atoms with Crippen molar-refractivity contribution in [1.82, 2.24) is 10.3 Å². The Morgan fingerprint density at radius 3 is 2.59 bits per heavy atom. The van der Waals surface area contributed by atoms with Gasteiger partial charge in [-0.3, -0.25) is 9.59 Å². The largest absolute Gasteiger partial charge is 0.464 e. The number of ether oxygens (including phenoxy) is 1. The molecule has 202 valence electrons. The Labute approximate surface area is 214 Å². The third kappa shape index (κ3) is 7.21. The van der Waals surface area contributed by atoms with E-state index in [1.807, 2.05) is 30.0 Å². The molecule has 0 saturated carbocycles. The molecule has 1 amide bonds. The van der Waals surface area contributed by atoms with Crippen LogP contribution in [-0.2, 0) is 16.3 Å². The number of ketones is 1. The maximum atomic E-state index is 13.0. The highest BCUT2D eigenvalue weighted by molar-refractivity contribution is 7.90. The van der Waals surface area contributed by atoms with Crippen molar-refractivity contribution in [2.24, 2.45) is 0 Å². The number of pyridine rings is 1. The molecule has 1 aliphatic carbocycles. The molecule has 1 N–H and O–H groups in total. The van der Waals surface area contributed by atoms with Crippen LogP contribution >= 0.6 is 0 Å². The lowest BCUT2D eigenvalue weighted by molar-refractivity contribution is -0.190. The highest BCUT2D eigenvalue weighted by atomic mass is 32.2. The molecule has 0 fully saturated rings. The summed E-state index contributed by atoms with van der Waals surface area (Å²) in [7, 11) is -3.77. The third-order valence-corrected chi connectivity index (χ3v) is 7.09. The molecule has 8 nitrogen and oxygen atoms in total. The third-order valence-electron chi connectivity index (χ3n) is 6.01. The topological polar surface area (TPSA) is 106 Å². The van der Waals surface area contributed by atoms with Crippen molar-refractivity contribution in [3.8, 4) is 5.88 Å². The number of amides is 1. The van der Waals surface area contributed by atoms with Crippen LogP contribution in [0.4, 0.5) is 18.9 Å². The highest BCUT2D eigenvalue weighted by Crippen LogP contribution is 2.28. The number of halogens is 3. The van der Waals surface area contributed by atoms with Crippen LogP contribution in [0, 0.1) is 0 Å². The number of benzene rings is 1. The second-order valence-electron chi connectivity index (χ2n) is 8.96. The Morgan fingerprint density at radius 2 is 1.95 bits per heavy atom. The van der Waals surface area contributed by atoms with E-state index in [0.29, 0.717) is 19.5 Å². The van der Waals surface area contributed by atoms with Crippen LogP contribution in [-0.4, -0.2) is 63.3 Å². The van der Waals surface area contributed by atoms with Crippen LogP contribution in [0.3, 0.4) is 0 Å². The SMILES string of the molecule is CCCN(CCNC(=O)c1cc(S(C)(=O)=O)cnc1O[C@@H](C)C(F)(F)F)c1ccc2c(c1)CCCC2=O. The van der Waals surface area contributed by atoms with E-state index in [1.165, 1.54) is 0 Å². The number of anilines is 1. The van der Waals surface area contributed by atoms with E-state index in [1.54, 1.807) is 0 Å². The number of fused-ring (bicyclic) bond motifs is 1. The van der Waals surface area contributed by atoms with Crippen LogP contribution in [0.2, 0.25) is 0 Å². The number of carbonyl (C=O) groups excluding carboxylic acids is 2. The minimum Gasteiger partial charge on any atom is -0.464 e. The lowest BCUT2D eigenvalue weighted by Gasteiger charge is -2.26. The number of aromatic nitrogens is 1. The second-order valence-corrected chi connectivity index (χ2v) is 11.0. The summed E-state index contributed by atoms with van der Waals surface area (Å²) in [5.74, 6) is -1.29. The average molecular weight is 542 g/mol. The average Bonchev–Trinajstić information content (AvgIpc) is 2.82. The van der Waals surface area contributed by atoms with Crippen molar-refractivity contribution in [2.75, 3.05) is 30.8 Å². The molecule has 0 aliphatic heterocycles. The zero-order valence-electron chi connectivity index (χ0n) is 20.9. The molecular weight excluding hydrogens is 511 g/mol. The number of alkyl halides is 3. The van der Waals surface area contributed by atoms with Gasteiger partial charge < -0.3 is 15.0 Å². The molecule has 1 aliphatic rings. The van der Waals surface area contributed by atoms with Gasteiger partial charge in [0.2, 0.25) is 5.88 Å². The van der Waals surface area contributed by atoms with Crippen molar-refractivity contribution in [3.05, 3.63) is 47.2 Å². The van der Waals surface area contributed by atoms with E-state index in [9.17, 15) is 31.2 Å². The van der Waals surface area contributed by atoms with Gasteiger partial charge in [0.05, 0.1) is 4.90 Å². The smallest absolute Gasteiger partial charge is 0.425 e. The molecule has 1 heterocycles. The number of nitrogens with one attached hydrogen (secondary N) is 1. The van der Waals surface area contributed by atoms with Gasteiger partial charge in [-0.15, -0.1) is 0 Å². The summed E-state index contributed by atoms with van der Waals surface area (Å²) < 4.78 is 67.8. The Morgan fingerprint density at radius 1 is 1.22 bits per heavy atom. The molecular formula is C25H30F3N3O5S. The van der Waals surface area contributed by atoms with E-state index >= 15 is 0 Å².